The van der Waals surface area contributed by atoms with E-state index >= 15 is 0 Å². The van der Waals surface area contributed by atoms with Gasteiger partial charge in [-0.05, 0) is 51.5 Å². The molecule has 0 saturated carbocycles. The van der Waals surface area contributed by atoms with Crippen molar-refractivity contribution in [2.45, 2.75) is 51.5 Å². The normalized spacial score (nSPS) is 11.9. The fraction of sp³-hybridized carbons (Fsp3) is 0.381. The van der Waals surface area contributed by atoms with Crippen LogP contribution in [0.5, 0.6) is 0 Å². The number of fused-ring (bicyclic) bond motifs is 1. The fourth-order valence-electron chi connectivity index (χ4n) is 3.08. The molecular weight excluding hydrogens is 402 g/mol. The third-order valence-corrected chi connectivity index (χ3v) is 6.18. The first-order chi connectivity index (χ1) is 14.2. The van der Waals surface area contributed by atoms with Gasteiger partial charge in [-0.1, -0.05) is 19.4 Å². The Morgan fingerprint density at radius 3 is 2.70 bits per heavy atom. The highest BCUT2D eigenvalue weighted by Gasteiger charge is 2.17. The summed E-state index contributed by atoms with van der Waals surface area (Å²) in [5.41, 5.74) is 2.12. The molecule has 3 rings (SSSR count). The number of carbonyl (C=O) groups is 1. The van der Waals surface area contributed by atoms with Gasteiger partial charge in [0.1, 0.15) is 0 Å². The number of amides is 1. The highest BCUT2D eigenvalue weighted by atomic mass is 32.2. The number of hydrogen-bond donors (Lipinski definition) is 2. The molecule has 1 amide bonds. The van der Waals surface area contributed by atoms with E-state index in [9.17, 15) is 13.2 Å². The summed E-state index contributed by atoms with van der Waals surface area (Å²) >= 11 is 0. The average molecular weight is 430 g/mol. The number of benzene rings is 1. The van der Waals surface area contributed by atoms with Crippen LogP contribution in [0.4, 0.5) is 5.69 Å². The lowest BCUT2D eigenvalue weighted by atomic mass is 10.1. The van der Waals surface area contributed by atoms with Crippen molar-refractivity contribution >= 4 is 32.7 Å². The third-order valence-electron chi connectivity index (χ3n) is 4.72. The number of carbonyl (C=O) groups excluding carboxylic acids is 1. The van der Waals surface area contributed by atoms with Gasteiger partial charge >= 0.3 is 0 Å². The highest BCUT2D eigenvalue weighted by Crippen LogP contribution is 2.21. The van der Waals surface area contributed by atoms with Crippen molar-refractivity contribution in [3.05, 3.63) is 47.8 Å². The zero-order valence-corrected chi connectivity index (χ0v) is 18.5. The van der Waals surface area contributed by atoms with Crippen LogP contribution in [-0.4, -0.2) is 35.6 Å². The van der Waals surface area contributed by atoms with Crippen LogP contribution in [0, 0.1) is 6.92 Å². The second-order valence-electron chi connectivity index (χ2n) is 7.45. The molecule has 1 aromatic carbocycles. The van der Waals surface area contributed by atoms with Crippen LogP contribution in [0.3, 0.4) is 0 Å². The summed E-state index contributed by atoms with van der Waals surface area (Å²) in [6.45, 7) is 8.17. The molecule has 9 heteroatoms. The quantitative estimate of drug-likeness (QED) is 0.532. The number of aromatic nitrogens is 3. The zero-order valence-electron chi connectivity index (χ0n) is 17.6. The SMILES string of the molecule is CCCCNS(=O)(=O)c1cccc(NC(=O)c2cc3cnn(C(C)C)c3nc2C)c1. The van der Waals surface area contributed by atoms with E-state index in [1.54, 1.807) is 31.3 Å². The van der Waals surface area contributed by atoms with Crippen molar-refractivity contribution in [3.63, 3.8) is 0 Å². The van der Waals surface area contributed by atoms with E-state index in [0.29, 0.717) is 23.5 Å². The molecule has 0 atom stereocenters. The number of sulfonamides is 1. The fourth-order valence-corrected chi connectivity index (χ4v) is 4.20. The standard InChI is InChI=1S/C21H27N5O3S/c1-5-6-10-23-30(28,29)18-9-7-8-17(12-18)25-21(27)19-11-16-13-22-26(14(2)3)20(16)24-15(19)4/h7-9,11-14,23H,5-6,10H2,1-4H3,(H,25,27). The number of aryl methyl sites for hydroxylation is 1. The zero-order chi connectivity index (χ0) is 21.9. The van der Waals surface area contributed by atoms with E-state index in [-0.39, 0.29) is 16.8 Å². The van der Waals surface area contributed by atoms with Crippen molar-refractivity contribution in [1.29, 1.82) is 0 Å². The van der Waals surface area contributed by atoms with E-state index in [4.69, 9.17) is 0 Å². The Kier molecular flexibility index (Phi) is 6.52. The summed E-state index contributed by atoms with van der Waals surface area (Å²) in [4.78, 5) is 17.5. The lowest BCUT2D eigenvalue weighted by Crippen LogP contribution is -2.25. The van der Waals surface area contributed by atoms with Crippen molar-refractivity contribution < 1.29 is 13.2 Å². The summed E-state index contributed by atoms with van der Waals surface area (Å²) < 4.78 is 29.2. The molecule has 160 valence electrons. The number of rotatable bonds is 8. The number of nitrogens with one attached hydrogen (secondary N) is 2. The molecule has 0 saturated heterocycles. The Morgan fingerprint density at radius 1 is 1.23 bits per heavy atom. The molecule has 3 aromatic rings. The summed E-state index contributed by atoms with van der Waals surface area (Å²) in [6.07, 6.45) is 3.35. The van der Waals surface area contributed by atoms with Gasteiger partial charge in [-0.25, -0.2) is 22.8 Å². The Balaban J connectivity index is 1.83. The van der Waals surface area contributed by atoms with Gasteiger partial charge in [0, 0.05) is 23.7 Å². The van der Waals surface area contributed by atoms with Crippen LogP contribution in [0.1, 0.15) is 55.7 Å². The van der Waals surface area contributed by atoms with E-state index in [1.165, 1.54) is 12.1 Å². The minimum absolute atomic E-state index is 0.111. The number of nitrogens with zero attached hydrogens (tertiary/aromatic N) is 3. The molecule has 0 unspecified atom stereocenters. The first-order valence-electron chi connectivity index (χ1n) is 9.99. The van der Waals surface area contributed by atoms with Crippen LogP contribution in [0.15, 0.2) is 41.4 Å². The average Bonchev–Trinajstić information content (AvgIpc) is 3.10. The maximum absolute atomic E-state index is 12.8. The Bertz CT molecular complexity index is 1170. The van der Waals surface area contributed by atoms with Crippen LogP contribution in [0.2, 0.25) is 0 Å². The number of pyridine rings is 1. The van der Waals surface area contributed by atoms with Gasteiger partial charge in [-0.2, -0.15) is 5.10 Å². The molecule has 2 aromatic heterocycles. The maximum Gasteiger partial charge on any atom is 0.257 e. The maximum atomic E-state index is 12.8. The predicted octanol–water partition coefficient (Wildman–Crippen LogP) is 3.65. The van der Waals surface area contributed by atoms with Gasteiger partial charge in [-0.15, -0.1) is 0 Å². The van der Waals surface area contributed by atoms with Gasteiger partial charge in [0.25, 0.3) is 5.91 Å². The monoisotopic (exact) mass is 429 g/mol. The molecule has 30 heavy (non-hydrogen) atoms. The first-order valence-corrected chi connectivity index (χ1v) is 11.5. The molecule has 8 nitrogen and oxygen atoms in total. The molecule has 0 bridgehead atoms. The molecule has 0 aliphatic carbocycles. The van der Waals surface area contributed by atoms with E-state index in [1.807, 2.05) is 25.5 Å². The second-order valence-corrected chi connectivity index (χ2v) is 9.22. The molecular formula is C21H27N5O3S. The topological polar surface area (TPSA) is 106 Å². The van der Waals surface area contributed by atoms with E-state index in [0.717, 1.165) is 23.9 Å². The summed E-state index contributed by atoms with van der Waals surface area (Å²) in [5, 5.41) is 7.89. The number of unbranched alkanes of at least 4 members (excludes halogenated alkanes) is 1. The van der Waals surface area contributed by atoms with E-state index < -0.39 is 10.0 Å². The van der Waals surface area contributed by atoms with Gasteiger partial charge < -0.3 is 5.32 Å². The lowest BCUT2D eigenvalue weighted by molar-refractivity contribution is 0.102. The summed E-state index contributed by atoms with van der Waals surface area (Å²) in [5.74, 6) is -0.354. The predicted molar refractivity (Wildman–Crippen MR) is 117 cm³/mol. The highest BCUT2D eigenvalue weighted by molar-refractivity contribution is 7.89. The Labute approximate surface area is 176 Å². The van der Waals surface area contributed by atoms with Gasteiger partial charge in [0.05, 0.1) is 22.3 Å². The lowest BCUT2D eigenvalue weighted by Gasteiger charge is -2.11. The number of hydrogen-bond acceptors (Lipinski definition) is 5. The number of anilines is 1. The molecule has 0 aliphatic rings. The van der Waals surface area contributed by atoms with Crippen molar-refractivity contribution in [1.82, 2.24) is 19.5 Å². The van der Waals surface area contributed by atoms with Crippen LogP contribution < -0.4 is 10.0 Å². The third kappa shape index (κ3) is 4.68. The van der Waals surface area contributed by atoms with Crippen LogP contribution >= 0.6 is 0 Å². The Morgan fingerprint density at radius 2 is 2.00 bits per heavy atom. The first kappa shape index (κ1) is 21.9. The Hall–Kier alpha value is -2.78. The molecule has 0 radical (unpaired) electrons. The van der Waals surface area contributed by atoms with Crippen molar-refractivity contribution in [2.75, 3.05) is 11.9 Å². The minimum atomic E-state index is -3.62. The molecule has 0 fully saturated rings. The molecule has 2 N–H and O–H groups in total. The smallest absolute Gasteiger partial charge is 0.257 e. The van der Waals surface area contributed by atoms with Gasteiger partial charge in [0.2, 0.25) is 10.0 Å². The summed E-state index contributed by atoms with van der Waals surface area (Å²) in [6, 6.07) is 8.12. The second kappa shape index (κ2) is 8.93. The molecule has 0 spiro atoms. The summed E-state index contributed by atoms with van der Waals surface area (Å²) in [7, 11) is -3.62. The van der Waals surface area contributed by atoms with Crippen molar-refractivity contribution in [2.24, 2.45) is 0 Å². The van der Waals surface area contributed by atoms with E-state index in [2.05, 4.69) is 20.1 Å². The molecule has 0 aliphatic heterocycles. The van der Waals surface area contributed by atoms with Crippen molar-refractivity contribution in [3.8, 4) is 0 Å². The largest absolute Gasteiger partial charge is 0.322 e. The minimum Gasteiger partial charge on any atom is -0.322 e. The van der Waals surface area contributed by atoms with Gasteiger partial charge in [0.15, 0.2) is 5.65 Å². The van der Waals surface area contributed by atoms with Crippen LogP contribution in [0.25, 0.3) is 11.0 Å². The molecule has 2 heterocycles. The van der Waals surface area contributed by atoms with Gasteiger partial charge in [-0.3, -0.25) is 4.79 Å². The van der Waals surface area contributed by atoms with Crippen LogP contribution in [-0.2, 0) is 10.0 Å².